The molecule has 0 heterocycles. The van der Waals surface area contributed by atoms with Gasteiger partial charge in [-0.15, -0.1) is 0 Å². The molecule has 1 aromatic rings. The zero-order valence-corrected chi connectivity index (χ0v) is 11.4. The molecule has 0 bridgehead atoms. The van der Waals surface area contributed by atoms with Gasteiger partial charge in [-0.1, -0.05) is 24.6 Å². The average molecular weight is 296 g/mol. The summed E-state index contributed by atoms with van der Waals surface area (Å²) in [5.41, 5.74) is 0.776. The fourth-order valence-electron chi connectivity index (χ4n) is 1.55. The molecule has 0 saturated carbocycles. The quantitative estimate of drug-likeness (QED) is 0.762. The maximum absolute atomic E-state index is 12.0. The SMILES string of the molecule is CCNCc1c(Cl)cccc1OCCCC(F)(F)F. The Morgan fingerprint density at radius 1 is 1.32 bits per heavy atom. The molecule has 1 rings (SSSR count). The maximum Gasteiger partial charge on any atom is 0.389 e. The molecule has 0 amide bonds. The molecule has 0 saturated heterocycles. The van der Waals surface area contributed by atoms with Crippen LogP contribution in [0.2, 0.25) is 5.02 Å². The van der Waals surface area contributed by atoms with Gasteiger partial charge in [-0.3, -0.25) is 0 Å². The molecule has 0 unspecified atom stereocenters. The fourth-order valence-corrected chi connectivity index (χ4v) is 1.78. The first kappa shape index (κ1) is 16.1. The molecule has 2 nitrogen and oxygen atoms in total. The minimum absolute atomic E-state index is 0.0268. The van der Waals surface area contributed by atoms with E-state index in [2.05, 4.69) is 5.32 Å². The first-order chi connectivity index (χ1) is 8.94. The average Bonchev–Trinajstić information content (AvgIpc) is 2.32. The van der Waals surface area contributed by atoms with E-state index in [0.717, 1.165) is 12.1 Å². The second-order valence-corrected chi connectivity index (χ2v) is 4.47. The second kappa shape index (κ2) is 7.60. The standard InChI is InChI=1S/C13H17ClF3NO/c1-2-18-9-10-11(14)5-3-6-12(10)19-8-4-7-13(15,16)17/h3,5-6,18H,2,4,7-9H2,1H3. The van der Waals surface area contributed by atoms with Gasteiger partial charge in [0.05, 0.1) is 6.61 Å². The van der Waals surface area contributed by atoms with Crippen molar-refractivity contribution < 1.29 is 17.9 Å². The Labute approximate surface area is 115 Å². The van der Waals surface area contributed by atoms with Crippen LogP contribution < -0.4 is 10.1 Å². The number of benzene rings is 1. The summed E-state index contributed by atoms with van der Waals surface area (Å²) in [5.74, 6) is 0.538. The molecule has 1 aromatic carbocycles. The van der Waals surface area contributed by atoms with Crippen LogP contribution in [0.25, 0.3) is 0 Å². The highest BCUT2D eigenvalue weighted by molar-refractivity contribution is 6.31. The summed E-state index contributed by atoms with van der Waals surface area (Å²) >= 11 is 6.05. The summed E-state index contributed by atoms with van der Waals surface area (Å²) in [5, 5.41) is 3.67. The van der Waals surface area contributed by atoms with Crippen LogP contribution in [0.15, 0.2) is 18.2 Å². The molecule has 1 N–H and O–H groups in total. The van der Waals surface area contributed by atoms with E-state index >= 15 is 0 Å². The van der Waals surface area contributed by atoms with Gasteiger partial charge in [0.1, 0.15) is 5.75 Å². The van der Waals surface area contributed by atoms with Crippen molar-refractivity contribution in [2.75, 3.05) is 13.2 Å². The molecule has 0 radical (unpaired) electrons. The van der Waals surface area contributed by atoms with E-state index in [1.54, 1.807) is 18.2 Å². The van der Waals surface area contributed by atoms with Crippen LogP contribution in [0.4, 0.5) is 13.2 Å². The third-order valence-electron chi connectivity index (χ3n) is 2.49. The zero-order chi connectivity index (χ0) is 14.3. The van der Waals surface area contributed by atoms with Crippen LogP contribution in [0.3, 0.4) is 0 Å². The third kappa shape index (κ3) is 6.16. The smallest absolute Gasteiger partial charge is 0.389 e. The number of alkyl halides is 3. The number of ether oxygens (including phenoxy) is 1. The van der Waals surface area contributed by atoms with Crippen molar-refractivity contribution in [3.8, 4) is 5.75 Å². The molecule has 19 heavy (non-hydrogen) atoms. The minimum Gasteiger partial charge on any atom is -0.493 e. The lowest BCUT2D eigenvalue weighted by molar-refractivity contribution is -0.136. The summed E-state index contributed by atoms with van der Waals surface area (Å²) in [6.07, 6.45) is -5.03. The van der Waals surface area contributed by atoms with Crippen LogP contribution in [-0.2, 0) is 6.54 Å². The summed E-state index contributed by atoms with van der Waals surface area (Å²) in [6, 6.07) is 5.17. The zero-order valence-electron chi connectivity index (χ0n) is 10.7. The molecule has 0 aromatic heterocycles. The van der Waals surface area contributed by atoms with E-state index in [1.807, 2.05) is 6.92 Å². The molecule has 0 aliphatic carbocycles. The van der Waals surface area contributed by atoms with Crippen LogP contribution >= 0.6 is 11.6 Å². The van der Waals surface area contributed by atoms with Crippen LogP contribution in [0.5, 0.6) is 5.75 Å². The van der Waals surface area contributed by atoms with Gasteiger partial charge < -0.3 is 10.1 Å². The van der Waals surface area contributed by atoms with Crippen molar-refractivity contribution in [3.63, 3.8) is 0 Å². The predicted octanol–water partition coefficient (Wildman–Crippen LogP) is 4.17. The normalized spacial score (nSPS) is 11.6. The van der Waals surface area contributed by atoms with Crippen LogP contribution in [0.1, 0.15) is 25.3 Å². The lowest BCUT2D eigenvalue weighted by atomic mass is 10.2. The number of hydrogen-bond donors (Lipinski definition) is 1. The second-order valence-electron chi connectivity index (χ2n) is 4.06. The highest BCUT2D eigenvalue weighted by Crippen LogP contribution is 2.27. The molecule has 108 valence electrons. The van der Waals surface area contributed by atoms with Crippen molar-refractivity contribution in [2.24, 2.45) is 0 Å². The van der Waals surface area contributed by atoms with Crippen molar-refractivity contribution >= 4 is 11.6 Å². The Hall–Kier alpha value is -0.940. The molecule has 0 aliphatic heterocycles. The predicted molar refractivity (Wildman–Crippen MR) is 69.6 cm³/mol. The van der Waals surface area contributed by atoms with Gasteiger partial charge in [-0.05, 0) is 25.1 Å². The van der Waals surface area contributed by atoms with Gasteiger partial charge in [-0.25, -0.2) is 0 Å². The number of hydrogen-bond acceptors (Lipinski definition) is 2. The highest BCUT2D eigenvalue weighted by atomic mass is 35.5. The summed E-state index contributed by atoms with van der Waals surface area (Å²) in [4.78, 5) is 0. The first-order valence-corrected chi connectivity index (χ1v) is 6.49. The van der Waals surface area contributed by atoms with E-state index in [1.165, 1.54) is 0 Å². The van der Waals surface area contributed by atoms with Gasteiger partial charge in [0.2, 0.25) is 0 Å². The summed E-state index contributed by atoms with van der Waals surface area (Å²) < 4.78 is 41.4. The van der Waals surface area contributed by atoms with Gasteiger partial charge in [-0.2, -0.15) is 13.2 Å². The molecule has 0 atom stereocenters. The largest absolute Gasteiger partial charge is 0.493 e. The molecule has 0 fully saturated rings. The lowest BCUT2D eigenvalue weighted by Crippen LogP contribution is -2.14. The van der Waals surface area contributed by atoms with E-state index < -0.39 is 12.6 Å². The minimum atomic E-state index is -4.13. The highest BCUT2D eigenvalue weighted by Gasteiger charge is 2.26. The maximum atomic E-state index is 12.0. The monoisotopic (exact) mass is 295 g/mol. The Morgan fingerprint density at radius 2 is 2.05 bits per heavy atom. The lowest BCUT2D eigenvalue weighted by Gasteiger charge is -2.13. The van der Waals surface area contributed by atoms with Crippen molar-refractivity contribution in [1.29, 1.82) is 0 Å². The molecule has 6 heteroatoms. The topological polar surface area (TPSA) is 21.3 Å². The Bertz CT molecular complexity index is 396. The molecule has 0 spiro atoms. The molecular weight excluding hydrogens is 279 g/mol. The van der Waals surface area contributed by atoms with E-state index in [-0.39, 0.29) is 13.0 Å². The van der Waals surface area contributed by atoms with Gasteiger partial charge in [0.15, 0.2) is 0 Å². The fraction of sp³-hybridized carbons (Fsp3) is 0.538. The van der Waals surface area contributed by atoms with Crippen molar-refractivity contribution in [3.05, 3.63) is 28.8 Å². The summed E-state index contributed by atoms with van der Waals surface area (Å²) in [6.45, 7) is 3.29. The number of halogens is 4. The Kier molecular flexibility index (Phi) is 6.45. The van der Waals surface area contributed by atoms with E-state index in [9.17, 15) is 13.2 Å². The molecule has 0 aliphatic rings. The van der Waals surface area contributed by atoms with Crippen molar-refractivity contribution in [1.82, 2.24) is 5.32 Å². The first-order valence-electron chi connectivity index (χ1n) is 6.11. The number of nitrogens with one attached hydrogen (secondary N) is 1. The number of rotatable bonds is 7. The van der Waals surface area contributed by atoms with Crippen molar-refractivity contribution in [2.45, 2.75) is 32.5 Å². The van der Waals surface area contributed by atoms with Gasteiger partial charge in [0.25, 0.3) is 0 Å². The van der Waals surface area contributed by atoms with E-state index in [0.29, 0.717) is 17.3 Å². The van der Waals surface area contributed by atoms with Crippen LogP contribution in [0, 0.1) is 0 Å². The Morgan fingerprint density at radius 3 is 2.68 bits per heavy atom. The van der Waals surface area contributed by atoms with E-state index in [4.69, 9.17) is 16.3 Å². The Balaban J connectivity index is 2.55. The van der Waals surface area contributed by atoms with Gasteiger partial charge in [0, 0.05) is 23.6 Å². The van der Waals surface area contributed by atoms with Crippen LogP contribution in [-0.4, -0.2) is 19.3 Å². The molecular formula is C13H17ClF3NO. The van der Waals surface area contributed by atoms with Gasteiger partial charge >= 0.3 is 6.18 Å². The summed E-state index contributed by atoms with van der Waals surface area (Å²) in [7, 11) is 0. The third-order valence-corrected chi connectivity index (χ3v) is 2.84.